The lowest BCUT2D eigenvalue weighted by molar-refractivity contribution is 0.0891. The van der Waals surface area contributed by atoms with E-state index in [0.29, 0.717) is 31.3 Å². The van der Waals surface area contributed by atoms with Crippen molar-refractivity contribution >= 4 is 42.2 Å². The second-order valence-electron chi connectivity index (χ2n) is 9.93. The lowest BCUT2D eigenvalue weighted by Gasteiger charge is -2.34. The SMILES string of the molecule is CCCCN1CCCCC1CCl.CCCCN1CCCCC1CO.O=S(Cl)Cl.OCC1CCCCN1. The fraction of sp³-hybridized carbons (Fsp3) is 1.00. The van der Waals surface area contributed by atoms with E-state index < -0.39 is 9.23 Å². The van der Waals surface area contributed by atoms with E-state index in [1.165, 1.54) is 103 Å². The van der Waals surface area contributed by atoms with Gasteiger partial charge in [-0.25, -0.2) is 4.21 Å². The quantitative estimate of drug-likeness (QED) is 0.236. The highest BCUT2D eigenvalue weighted by Crippen LogP contribution is 2.18. The average molecular weight is 595 g/mol. The van der Waals surface area contributed by atoms with Crippen LogP contribution < -0.4 is 5.32 Å². The molecule has 36 heavy (non-hydrogen) atoms. The smallest absolute Gasteiger partial charge is 0.211 e. The molecule has 0 aromatic carbocycles. The van der Waals surface area contributed by atoms with Gasteiger partial charge in [-0.2, -0.15) is 0 Å². The molecule has 3 saturated heterocycles. The van der Waals surface area contributed by atoms with Crippen LogP contribution in [0.3, 0.4) is 0 Å². The molecule has 0 aromatic rings. The molecule has 3 unspecified atom stereocenters. The Morgan fingerprint density at radius 2 is 1.31 bits per heavy atom. The molecule has 10 heteroatoms. The van der Waals surface area contributed by atoms with Crippen molar-refractivity contribution in [3.05, 3.63) is 0 Å². The number of hydrogen-bond donors (Lipinski definition) is 3. The molecule has 3 atom stereocenters. The van der Waals surface area contributed by atoms with Crippen LogP contribution in [-0.2, 0) is 9.23 Å². The Bertz CT molecular complexity index is 474. The first-order valence-corrected chi connectivity index (χ1v) is 17.5. The predicted molar refractivity (Wildman–Crippen MR) is 159 cm³/mol. The number of aliphatic hydroxyl groups is 2. The van der Waals surface area contributed by atoms with E-state index >= 15 is 0 Å². The van der Waals surface area contributed by atoms with Crippen molar-refractivity contribution in [2.45, 2.75) is 115 Å². The van der Waals surface area contributed by atoms with E-state index in [1.807, 2.05) is 0 Å². The Hall–Kier alpha value is 0.820. The van der Waals surface area contributed by atoms with Gasteiger partial charge in [-0.1, -0.05) is 46.0 Å². The Balaban J connectivity index is 0.000000483. The van der Waals surface area contributed by atoms with Crippen molar-refractivity contribution in [3.8, 4) is 0 Å². The molecule has 0 radical (unpaired) electrons. The molecule has 218 valence electrons. The third-order valence-electron chi connectivity index (χ3n) is 7.12. The molecule has 0 saturated carbocycles. The molecule has 3 aliphatic heterocycles. The molecule has 0 bridgehead atoms. The summed E-state index contributed by atoms with van der Waals surface area (Å²) in [7, 11) is 7.36. The van der Waals surface area contributed by atoms with Gasteiger partial charge in [0.2, 0.25) is 9.23 Å². The maximum atomic E-state index is 9.12. The average Bonchev–Trinajstić information content (AvgIpc) is 2.92. The van der Waals surface area contributed by atoms with Crippen LogP contribution in [-0.4, -0.2) is 94.2 Å². The number of hydrogen-bond acceptors (Lipinski definition) is 6. The van der Waals surface area contributed by atoms with Crippen LogP contribution in [0.15, 0.2) is 0 Å². The number of piperidine rings is 3. The van der Waals surface area contributed by atoms with Crippen molar-refractivity contribution in [2.24, 2.45) is 0 Å². The first-order valence-electron chi connectivity index (χ1n) is 14.2. The molecular weight excluding hydrogens is 541 g/mol. The predicted octanol–water partition coefficient (Wildman–Crippen LogP) is 5.68. The van der Waals surface area contributed by atoms with Crippen LogP contribution in [0.5, 0.6) is 0 Å². The summed E-state index contributed by atoms with van der Waals surface area (Å²) >= 11 is 5.91. The first kappa shape index (κ1) is 36.8. The number of halogens is 3. The lowest BCUT2D eigenvalue weighted by atomic mass is 10.0. The number of unbranched alkanes of at least 4 members (excludes halogenated alkanes) is 2. The minimum atomic E-state index is -1.67. The summed E-state index contributed by atoms with van der Waals surface area (Å²) in [4.78, 5) is 5.02. The van der Waals surface area contributed by atoms with Crippen LogP contribution in [0.1, 0.15) is 97.3 Å². The van der Waals surface area contributed by atoms with E-state index in [2.05, 4.69) is 50.3 Å². The van der Waals surface area contributed by atoms with E-state index in [-0.39, 0.29) is 0 Å². The van der Waals surface area contributed by atoms with Gasteiger partial charge in [-0.15, -0.1) is 11.6 Å². The molecular formula is C26H54Cl3N3O3S. The molecule has 0 aromatic heterocycles. The van der Waals surface area contributed by atoms with Gasteiger partial charge in [0.25, 0.3) is 0 Å². The zero-order valence-corrected chi connectivity index (χ0v) is 25.9. The topological polar surface area (TPSA) is 76.0 Å². The van der Waals surface area contributed by atoms with Crippen molar-refractivity contribution in [1.82, 2.24) is 15.1 Å². The molecule has 0 spiro atoms. The minimum absolute atomic E-state index is 0.306. The maximum absolute atomic E-state index is 9.12. The summed E-state index contributed by atoms with van der Waals surface area (Å²) in [5.74, 6) is 0.823. The summed E-state index contributed by atoms with van der Waals surface area (Å²) in [6.45, 7) is 11.1. The van der Waals surface area contributed by atoms with Gasteiger partial charge < -0.3 is 15.5 Å². The fourth-order valence-electron chi connectivity index (χ4n) is 4.89. The van der Waals surface area contributed by atoms with Crippen molar-refractivity contribution in [3.63, 3.8) is 0 Å². The normalized spacial score (nSPS) is 25.1. The molecule has 0 amide bonds. The molecule has 3 fully saturated rings. The van der Waals surface area contributed by atoms with Gasteiger partial charge in [-0.3, -0.25) is 9.80 Å². The van der Waals surface area contributed by atoms with E-state index in [0.717, 1.165) is 18.8 Å². The highest BCUT2D eigenvalue weighted by Gasteiger charge is 2.21. The molecule has 3 heterocycles. The number of aliphatic hydroxyl groups excluding tert-OH is 2. The minimum Gasteiger partial charge on any atom is -0.395 e. The Morgan fingerprint density at radius 1 is 0.806 bits per heavy atom. The van der Waals surface area contributed by atoms with Crippen LogP contribution in [0.25, 0.3) is 0 Å². The number of nitrogens with one attached hydrogen (secondary N) is 1. The number of rotatable bonds is 9. The Kier molecular flexibility index (Phi) is 26.7. The fourth-order valence-corrected chi connectivity index (χ4v) is 5.24. The van der Waals surface area contributed by atoms with Crippen LogP contribution >= 0.6 is 33.0 Å². The van der Waals surface area contributed by atoms with Gasteiger partial charge >= 0.3 is 0 Å². The summed E-state index contributed by atoms with van der Waals surface area (Å²) in [6, 6.07) is 1.53. The van der Waals surface area contributed by atoms with E-state index in [1.54, 1.807) is 0 Å². The monoisotopic (exact) mass is 593 g/mol. The molecule has 3 rings (SSSR count). The van der Waals surface area contributed by atoms with E-state index in [9.17, 15) is 0 Å². The van der Waals surface area contributed by atoms with Gasteiger partial charge in [0.05, 0.1) is 13.2 Å². The van der Waals surface area contributed by atoms with Gasteiger partial charge in [0, 0.05) is 45.4 Å². The summed E-state index contributed by atoms with van der Waals surface area (Å²) < 4.78 is 9.09. The van der Waals surface area contributed by atoms with E-state index in [4.69, 9.17) is 26.0 Å². The van der Waals surface area contributed by atoms with Crippen LogP contribution in [0, 0.1) is 0 Å². The molecule has 6 nitrogen and oxygen atoms in total. The summed E-state index contributed by atoms with van der Waals surface area (Å²) in [5, 5.41) is 21.0. The van der Waals surface area contributed by atoms with Crippen LogP contribution in [0.2, 0.25) is 0 Å². The zero-order chi connectivity index (χ0) is 27.0. The first-order chi connectivity index (χ1) is 17.4. The van der Waals surface area contributed by atoms with Gasteiger partial charge in [0.1, 0.15) is 0 Å². The van der Waals surface area contributed by atoms with Gasteiger partial charge in [-0.05, 0) is 84.1 Å². The third-order valence-corrected chi connectivity index (χ3v) is 7.47. The Morgan fingerprint density at radius 3 is 1.69 bits per heavy atom. The number of alkyl halides is 1. The van der Waals surface area contributed by atoms with Gasteiger partial charge in [0.15, 0.2) is 0 Å². The van der Waals surface area contributed by atoms with Crippen molar-refractivity contribution < 1.29 is 14.4 Å². The maximum Gasteiger partial charge on any atom is 0.211 e. The number of nitrogens with zero attached hydrogens (tertiary/aromatic N) is 2. The third kappa shape index (κ3) is 19.8. The molecule has 0 aliphatic carbocycles. The van der Waals surface area contributed by atoms with Crippen LogP contribution in [0.4, 0.5) is 0 Å². The highest BCUT2D eigenvalue weighted by molar-refractivity contribution is 8.26. The highest BCUT2D eigenvalue weighted by atomic mass is 36.0. The second-order valence-corrected chi connectivity index (χ2v) is 12.8. The molecule has 3 N–H and O–H groups in total. The molecule has 3 aliphatic rings. The summed E-state index contributed by atoms with van der Waals surface area (Å²) in [6.07, 6.45) is 16.7. The zero-order valence-electron chi connectivity index (χ0n) is 22.8. The van der Waals surface area contributed by atoms with Crippen molar-refractivity contribution in [1.29, 1.82) is 0 Å². The van der Waals surface area contributed by atoms with Crippen molar-refractivity contribution in [2.75, 3.05) is 51.8 Å². The number of likely N-dealkylation sites (tertiary alicyclic amines) is 2. The largest absolute Gasteiger partial charge is 0.395 e. The standard InChI is InChI=1S/C10H20ClN.C10H21NO.C6H13NO.Cl2OS/c1-2-3-7-12-8-5-4-6-10(12)9-11;1-2-3-7-11-8-5-4-6-10(11)9-12;8-5-6-3-1-2-4-7-6;1-4(2)3/h10H,2-9H2,1H3;10,12H,2-9H2,1H3;6-8H,1-5H2;. The lowest BCUT2D eigenvalue weighted by Crippen LogP contribution is -2.42. The summed E-state index contributed by atoms with van der Waals surface area (Å²) in [5.41, 5.74) is 0. The second kappa shape index (κ2) is 26.1. The Labute approximate surface area is 238 Å².